The standard InChI is InChI=1S/C17H22FN3O5/c1-11(22)21(24)8-13-7-20(16(23)26-13)12-4-5-15(14(18)6-12)19-9-17(2,10-19)25-3/h4-6,13,21H,7-10H2,1-3H3. The average Bonchev–Trinajstić information content (AvgIpc) is 2.92. The summed E-state index contributed by atoms with van der Waals surface area (Å²) in [5.74, 6) is -1.02. The molecule has 0 aromatic heterocycles. The van der Waals surface area contributed by atoms with Crippen LogP contribution < -0.4 is 14.9 Å². The summed E-state index contributed by atoms with van der Waals surface area (Å²) >= 11 is 0. The molecule has 1 N–H and O–H groups in total. The largest absolute Gasteiger partial charge is 0.627 e. The highest BCUT2D eigenvalue weighted by molar-refractivity contribution is 5.90. The molecule has 2 amide bonds. The van der Waals surface area contributed by atoms with Crippen LogP contribution in [0.2, 0.25) is 0 Å². The highest BCUT2D eigenvalue weighted by Crippen LogP contribution is 2.34. The second-order valence-corrected chi connectivity index (χ2v) is 6.95. The first kappa shape index (κ1) is 18.6. The topological polar surface area (TPSA) is 86.6 Å². The lowest BCUT2D eigenvalue weighted by atomic mass is 9.95. The predicted molar refractivity (Wildman–Crippen MR) is 91.5 cm³/mol. The third-order valence-corrected chi connectivity index (χ3v) is 4.81. The Morgan fingerprint density at radius 1 is 1.50 bits per heavy atom. The molecule has 1 aromatic rings. The maximum Gasteiger partial charge on any atom is 0.414 e. The molecule has 1 aromatic carbocycles. The zero-order valence-electron chi connectivity index (χ0n) is 15.0. The molecular weight excluding hydrogens is 345 g/mol. The molecule has 9 heteroatoms. The molecule has 0 aliphatic carbocycles. The van der Waals surface area contributed by atoms with Gasteiger partial charge in [0, 0.05) is 20.2 Å². The molecule has 2 aliphatic heterocycles. The number of hydrogen-bond acceptors (Lipinski definition) is 6. The number of rotatable bonds is 5. The summed E-state index contributed by atoms with van der Waals surface area (Å²) in [6.45, 7) is 4.24. The molecule has 2 heterocycles. The van der Waals surface area contributed by atoms with Crippen molar-refractivity contribution in [3.63, 3.8) is 0 Å². The first-order valence-electron chi connectivity index (χ1n) is 8.34. The molecule has 1 unspecified atom stereocenters. The Kier molecular flexibility index (Phi) is 4.87. The van der Waals surface area contributed by atoms with E-state index in [4.69, 9.17) is 9.47 Å². The number of amides is 2. The average molecular weight is 367 g/mol. The zero-order chi connectivity index (χ0) is 19.1. The smallest absolute Gasteiger partial charge is 0.414 e. The number of carbonyl (C=O) groups is 2. The first-order chi connectivity index (χ1) is 12.2. The van der Waals surface area contributed by atoms with Gasteiger partial charge in [-0.1, -0.05) is 0 Å². The van der Waals surface area contributed by atoms with Crippen LogP contribution in [0, 0.1) is 11.0 Å². The summed E-state index contributed by atoms with van der Waals surface area (Å²) in [5.41, 5.74) is 0.517. The fourth-order valence-corrected chi connectivity index (χ4v) is 3.17. The van der Waals surface area contributed by atoms with Gasteiger partial charge in [-0.2, -0.15) is 0 Å². The third-order valence-electron chi connectivity index (χ3n) is 4.81. The lowest BCUT2D eigenvalue weighted by molar-refractivity contribution is -0.768. The van der Waals surface area contributed by atoms with Crippen molar-refractivity contribution in [3.05, 3.63) is 29.2 Å². The highest BCUT2D eigenvalue weighted by atomic mass is 19.1. The fraction of sp³-hybridized carbons (Fsp3) is 0.529. The minimum Gasteiger partial charge on any atom is -0.627 e. The van der Waals surface area contributed by atoms with E-state index in [0.29, 0.717) is 24.5 Å². The number of benzene rings is 1. The molecule has 2 saturated heterocycles. The number of anilines is 2. The summed E-state index contributed by atoms with van der Waals surface area (Å²) < 4.78 is 25.0. The Balaban J connectivity index is 1.68. The number of hydrogen-bond donors (Lipinski definition) is 1. The van der Waals surface area contributed by atoms with Gasteiger partial charge in [0.2, 0.25) is 0 Å². The van der Waals surface area contributed by atoms with Gasteiger partial charge in [-0.15, -0.1) is 0 Å². The van der Waals surface area contributed by atoms with Crippen LogP contribution >= 0.6 is 0 Å². The highest BCUT2D eigenvalue weighted by Gasteiger charge is 2.40. The van der Waals surface area contributed by atoms with Gasteiger partial charge in [-0.05, 0) is 25.1 Å². The Morgan fingerprint density at radius 3 is 2.77 bits per heavy atom. The Bertz CT molecular complexity index is 722. The summed E-state index contributed by atoms with van der Waals surface area (Å²) in [4.78, 5) is 26.2. The number of nitrogens with one attached hydrogen (secondary N) is 1. The molecule has 3 rings (SSSR count). The van der Waals surface area contributed by atoms with Crippen LogP contribution in [0.25, 0.3) is 0 Å². The lowest BCUT2D eigenvalue weighted by Gasteiger charge is -2.48. The van der Waals surface area contributed by atoms with Gasteiger partial charge in [-0.25, -0.2) is 14.0 Å². The summed E-state index contributed by atoms with van der Waals surface area (Å²) in [7, 11) is 1.63. The Labute approximate surface area is 150 Å². The Hall–Kier alpha value is -2.23. The van der Waals surface area contributed by atoms with Crippen LogP contribution in [0.4, 0.5) is 20.6 Å². The van der Waals surface area contributed by atoms with Crippen molar-refractivity contribution < 1.29 is 28.5 Å². The maximum absolute atomic E-state index is 14.5. The van der Waals surface area contributed by atoms with Crippen LogP contribution in [0.3, 0.4) is 0 Å². The quantitative estimate of drug-likeness (QED) is 0.754. The summed E-state index contributed by atoms with van der Waals surface area (Å²) in [6.07, 6.45) is -1.37. The number of carbonyl (C=O) groups excluding carboxylic acids is 2. The first-order valence-corrected chi connectivity index (χ1v) is 8.34. The number of halogens is 1. The number of methoxy groups -OCH3 is 1. The summed E-state index contributed by atoms with van der Waals surface area (Å²) in [6, 6.07) is 4.52. The van der Waals surface area contributed by atoms with Gasteiger partial charge in [0.25, 0.3) is 0 Å². The van der Waals surface area contributed by atoms with E-state index in [-0.39, 0.29) is 18.7 Å². The van der Waals surface area contributed by atoms with Crippen molar-refractivity contribution in [2.24, 2.45) is 0 Å². The molecule has 0 bridgehead atoms. The summed E-state index contributed by atoms with van der Waals surface area (Å²) in [5, 5.41) is 10.9. The van der Waals surface area contributed by atoms with E-state index in [1.165, 1.54) is 17.9 Å². The van der Waals surface area contributed by atoms with Crippen molar-refractivity contribution in [3.8, 4) is 0 Å². The second-order valence-electron chi connectivity index (χ2n) is 6.95. The van der Waals surface area contributed by atoms with E-state index in [1.807, 2.05) is 11.8 Å². The van der Waals surface area contributed by atoms with Gasteiger partial charge in [-0.3, -0.25) is 4.90 Å². The van der Waals surface area contributed by atoms with Gasteiger partial charge in [0.05, 0.1) is 30.4 Å². The minimum atomic E-state index is -0.709. The predicted octanol–water partition coefficient (Wildman–Crippen LogP) is 0.305. The third kappa shape index (κ3) is 3.50. The normalized spacial score (nSPS) is 22.8. The molecule has 2 atom stereocenters. The van der Waals surface area contributed by atoms with Crippen molar-refractivity contribution in [2.45, 2.75) is 25.6 Å². The second kappa shape index (κ2) is 6.82. The molecule has 0 saturated carbocycles. The monoisotopic (exact) mass is 367 g/mol. The molecule has 2 aliphatic rings. The van der Waals surface area contributed by atoms with Gasteiger partial charge in [0.1, 0.15) is 12.4 Å². The van der Waals surface area contributed by atoms with E-state index in [9.17, 15) is 19.2 Å². The number of cyclic esters (lactones) is 1. The van der Waals surface area contributed by atoms with Crippen molar-refractivity contribution in [1.82, 2.24) is 0 Å². The SMILES string of the molecule is COC1(C)CN(c2ccc(N3CC(C[N@H+]([O-])C(C)=O)OC3=O)cc2F)C1. The van der Waals surface area contributed by atoms with Crippen LogP contribution in [0.5, 0.6) is 0 Å². The van der Waals surface area contributed by atoms with E-state index in [1.54, 1.807) is 19.2 Å². The molecule has 0 spiro atoms. The van der Waals surface area contributed by atoms with Gasteiger partial charge < -0.3 is 24.6 Å². The molecular formula is C17H22FN3O5. The van der Waals surface area contributed by atoms with Crippen LogP contribution in [-0.2, 0) is 14.3 Å². The van der Waals surface area contributed by atoms with Crippen LogP contribution in [-0.4, -0.2) is 57.0 Å². The Morgan fingerprint density at radius 2 is 2.19 bits per heavy atom. The molecule has 0 radical (unpaired) electrons. The van der Waals surface area contributed by atoms with Crippen LogP contribution in [0.15, 0.2) is 18.2 Å². The number of quaternary nitrogens is 1. The molecule has 26 heavy (non-hydrogen) atoms. The van der Waals surface area contributed by atoms with Crippen molar-refractivity contribution in [2.75, 3.05) is 43.1 Å². The van der Waals surface area contributed by atoms with E-state index in [2.05, 4.69) is 0 Å². The lowest BCUT2D eigenvalue weighted by Crippen LogP contribution is -3.10. The fourth-order valence-electron chi connectivity index (χ4n) is 3.17. The van der Waals surface area contributed by atoms with Crippen molar-refractivity contribution >= 4 is 23.4 Å². The van der Waals surface area contributed by atoms with Crippen molar-refractivity contribution in [1.29, 1.82) is 0 Å². The van der Waals surface area contributed by atoms with E-state index >= 15 is 0 Å². The number of nitrogens with zero attached hydrogens (tertiary/aromatic N) is 2. The van der Waals surface area contributed by atoms with Crippen LogP contribution in [0.1, 0.15) is 13.8 Å². The molecule has 8 nitrogen and oxygen atoms in total. The van der Waals surface area contributed by atoms with Gasteiger partial charge in [0.15, 0.2) is 6.10 Å². The van der Waals surface area contributed by atoms with Gasteiger partial charge >= 0.3 is 12.0 Å². The number of ether oxygens (including phenoxy) is 2. The minimum absolute atomic E-state index is 0.0993. The van der Waals surface area contributed by atoms with E-state index in [0.717, 1.165) is 0 Å². The number of hydroxylamine groups is 2. The maximum atomic E-state index is 14.5. The van der Waals surface area contributed by atoms with E-state index < -0.39 is 29.0 Å². The molecule has 142 valence electrons. The molecule has 2 fully saturated rings. The zero-order valence-corrected chi connectivity index (χ0v) is 15.0.